The van der Waals surface area contributed by atoms with Gasteiger partial charge in [-0.3, -0.25) is 4.79 Å². The number of methoxy groups -OCH3 is 3. The second-order valence-electron chi connectivity index (χ2n) is 4.54. The van der Waals surface area contributed by atoms with Crippen LogP contribution in [0.25, 0.3) is 6.08 Å². The average molecular weight is 298 g/mol. The van der Waals surface area contributed by atoms with Crippen molar-refractivity contribution in [2.24, 2.45) is 0 Å². The van der Waals surface area contributed by atoms with Crippen molar-refractivity contribution in [3.05, 3.63) is 59.7 Å². The molecular formula is C18H18O4. The maximum Gasteiger partial charge on any atom is 0.189 e. The van der Waals surface area contributed by atoms with E-state index < -0.39 is 0 Å². The largest absolute Gasteiger partial charge is 0.497 e. The molecule has 4 heteroatoms. The molecule has 0 aliphatic heterocycles. The molecule has 0 bridgehead atoms. The highest BCUT2D eigenvalue weighted by atomic mass is 16.5. The number of rotatable bonds is 6. The summed E-state index contributed by atoms with van der Waals surface area (Å²) in [5.41, 5.74) is 1.34. The standard InChI is InChI=1S/C18H18O4/c1-20-14-6-4-5-13(11-14)7-9-17(19)16-12-15(21-2)8-10-18(16)22-3/h4-12H,1-3H3/b9-7+. The predicted molar refractivity (Wildman–Crippen MR) is 85.9 cm³/mol. The number of hydrogen-bond acceptors (Lipinski definition) is 4. The van der Waals surface area contributed by atoms with E-state index in [2.05, 4.69) is 0 Å². The summed E-state index contributed by atoms with van der Waals surface area (Å²) in [5, 5.41) is 0. The maximum atomic E-state index is 12.4. The minimum Gasteiger partial charge on any atom is -0.497 e. The lowest BCUT2D eigenvalue weighted by atomic mass is 10.1. The number of ketones is 1. The Balaban J connectivity index is 2.26. The summed E-state index contributed by atoms with van der Waals surface area (Å²) in [7, 11) is 4.70. The van der Waals surface area contributed by atoms with Gasteiger partial charge in [-0.25, -0.2) is 0 Å². The molecule has 2 rings (SSSR count). The van der Waals surface area contributed by atoms with Crippen molar-refractivity contribution in [2.75, 3.05) is 21.3 Å². The molecule has 0 atom stereocenters. The fourth-order valence-corrected chi connectivity index (χ4v) is 2.01. The van der Waals surface area contributed by atoms with E-state index in [9.17, 15) is 4.79 Å². The number of carbonyl (C=O) groups is 1. The van der Waals surface area contributed by atoms with Gasteiger partial charge in [-0.05, 0) is 42.0 Å². The first-order chi connectivity index (χ1) is 10.7. The number of hydrogen-bond donors (Lipinski definition) is 0. The summed E-state index contributed by atoms with van der Waals surface area (Å²) in [6.07, 6.45) is 3.25. The molecule has 0 aliphatic carbocycles. The van der Waals surface area contributed by atoms with Crippen LogP contribution in [0.4, 0.5) is 0 Å². The van der Waals surface area contributed by atoms with Gasteiger partial charge in [-0.1, -0.05) is 18.2 Å². The third-order valence-corrected chi connectivity index (χ3v) is 3.19. The minimum absolute atomic E-state index is 0.154. The molecule has 2 aromatic carbocycles. The Hall–Kier alpha value is -2.75. The minimum atomic E-state index is -0.154. The van der Waals surface area contributed by atoms with Gasteiger partial charge in [-0.2, -0.15) is 0 Å². The third-order valence-electron chi connectivity index (χ3n) is 3.19. The van der Waals surface area contributed by atoms with Crippen molar-refractivity contribution in [3.63, 3.8) is 0 Å². The zero-order valence-corrected chi connectivity index (χ0v) is 12.8. The van der Waals surface area contributed by atoms with Gasteiger partial charge in [0.2, 0.25) is 0 Å². The van der Waals surface area contributed by atoms with E-state index >= 15 is 0 Å². The van der Waals surface area contributed by atoms with Crippen LogP contribution >= 0.6 is 0 Å². The molecule has 114 valence electrons. The van der Waals surface area contributed by atoms with Crippen molar-refractivity contribution in [3.8, 4) is 17.2 Å². The lowest BCUT2D eigenvalue weighted by Gasteiger charge is -2.07. The molecule has 0 aliphatic rings. The molecule has 0 unspecified atom stereocenters. The van der Waals surface area contributed by atoms with Crippen LogP contribution in [-0.2, 0) is 0 Å². The van der Waals surface area contributed by atoms with E-state index in [0.717, 1.165) is 11.3 Å². The van der Waals surface area contributed by atoms with Gasteiger partial charge < -0.3 is 14.2 Å². The van der Waals surface area contributed by atoms with Gasteiger partial charge in [-0.15, -0.1) is 0 Å². The summed E-state index contributed by atoms with van der Waals surface area (Å²) in [6, 6.07) is 12.6. The van der Waals surface area contributed by atoms with Crippen LogP contribution in [0, 0.1) is 0 Å². The summed E-state index contributed by atoms with van der Waals surface area (Å²) in [6.45, 7) is 0. The Kier molecular flexibility index (Phi) is 5.20. The van der Waals surface area contributed by atoms with Gasteiger partial charge in [0.25, 0.3) is 0 Å². The Morgan fingerprint density at radius 3 is 2.32 bits per heavy atom. The summed E-state index contributed by atoms with van der Waals surface area (Å²) in [4.78, 5) is 12.4. The second-order valence-corrected chi connectivity index (χ2v) is 4.54. The summed E-state index contributed by atoms with van der Waals surface area (Å²) >= 11 is 0. The van der Waals surface area contributed by atoms with Gasteiger partial charge in [0, 0.05) is 0 Å². The average Bonchev–Trinajstić information content (AvgIpc) is 2.59. The molecular weight excluding hydrogens is 280 g/mol. The van der Waals surface area contributed by atoms with Crippen LogP contribution in [0.2, 0.25) is 0 Å². The predicted octanol–water partition coefficient (Wildman–Crippen LogP) is 3.61. The maximum absolute atomic E-state index is 12.4. The molecule has 0 radical (unpaired) electrons. The summed E-state index contributed by atoms with van der Waals surface area (Å²) in [5.74, 6) is 1.71. The van der Waals surface area contributed by atoms with Crippen molar-refractivity contribution in [1.29, 1.82) is 0 Å². The van der Waals surface area contributed by atoms with Crippen LogP contribution in [0.1, 0.15) is 15.9 Å². The number of benzene rings is 2. The lowest BCUT2D eigenvalue weighted by molar-refractivity contribution is 0.104. The normalized spacial score (nSPS) is 10.5. The molecule has 0 saturated carbocycles. The fraction of sp³-hybridized carbons (Fsp3) is 0.167. The fourth-order valence-electron chi connectivity index (χ4n) is 2.01. The molecule has 0 N–H and O–H groups in total. The van der Waals surface area contributed by atoms with Crippen molar-refractivity contribution in [1.82, 2.24) is 0 Å². The highest BCUT2D eigenvalue weighted by molar-refractivity contribution is 6.08. The van der Waals surface area contributed by atoms with Crippen LogP contribution in [0.15, 0.2) is 48.5 Å². The number of carbonyl (C=O) groups excluding carboxylic acids is 1. The number of ether oxygens (including phenoxy) is 3. The van der Waals surface area contributed by atoms with Crippen LogP contribution in [0.3, 0.4) is 0 Å². The molecule has 0 amide bonds. The van der Waals surface area contributed by atoms with Crippen LogP contribution in [0.5, 0.6) is 17.2 Å². The SMILES string of the molecule is COc1cccc(/C=C/C(=O)c2cc(OC)ccc2OC)c1. The molecule has 2 aromatic rings. The molecule has 22 heavy (non-hydrogen) atoms. The van der Waals surface area contributed by atoms with E-state index in [1.807, 2.05) is 24.3 Å². The Labute approximate surface area is 129 Å². The van der Waals surface area contributed by atoms with Crippen molar-refractivity contribution < 1.29 is 19.0 Å². The Morgan fingerprint density at radius 2 is 1.64 bits per heavy atom. The van der Waals surface area contributed by atoms with Gasteiger partial charge >= 0.3 is 0 Å². The highest BCUT2D eigenvalue weighted by Crippen LogP contribution is 2.25. The monoisotopic (exact) mass is 298 g/mol. The lowest BCUT2D eigenvalue weighted by Crippen LogP contribution is -1.99. The molecule has 0 aromatic heterocycles. The van der Waals surface area contributed by atoms with Gasteiger partial charge in [0.05, 0.1) is 26.9 Å². The second kappa shape index (κ2) is 7.31. The Bertz CT molecular complexity index is 689. The van der Waals surface area contributed by atoms with Crippen molar-refractivity contribution >= 4 is 11.9 Å². The van der Waals surface area contributed by atoms with Crippen LogP contribution < -0.4 is 14.2 Å². The molecule has 0 heterocycles. The first-order valence-electron chi connectivity index (χ1n) is 6.76. The van der Waals surface area contributed by atoms with E-state index in [-0.39, 0.29) is 5.78 Å². The molecule has 0 spiro atoms. The highest BCUT2D eigenvalue weighted by Gasteiger charge is 2.11. The van der Waals surface area contributed by atoms with Gasteiger partial charge in [0.15, 0.2) is 5.78 Å². The van der Waals surface area contributed by atoms with E-state index in [0.29, 0.717) is 17.1 Å². The van der Waals surface area contributed by atoms with Crippen molar-refractivity contribution in [2.45, 2.75) is 0 Å². The zero-order valence-electron chi connectivity index (χ0n) is 12.8. The summed E-state index contributed by atoms with van der Waals surface area (Å²) < 4.78 is 15.5. The van der Waals surface area contributed by atoms with Gasteiger partial charge in [0.1, 0.15) is 17.2 Å². The zero-order chi connectivity index (χ0) is 15.9. The van der Waals surface area contributed by atoms with E-state index in [1.165, 1.54) is 13.2 Å². The first-order valence-corrected chi connectivity index (χ1v) is 6.76. The number of allylic oxidation sites excluding steroid dienone is 1. The Morgan fingerprint density at radius 1 is 0.909 bits per heavy atom. The molecule has 4 nitrogen and oxygen atoms in total. The van der Waals surface area contributed by atoms with Crippen LogP contribution in [-0.4, -0.2) is 27.1 Å². The topological polar surface area (TPSA) is 44.8 Å². The van der Waals surface area contributed by atoms with E-state index in [4.69, 9.17) is 14.2 Å². The smallest absolute Gasteiger partial charge is 0.189 e. The molecule has 0 fully saturated rings. The third kappa shape index (κ3) is 3.67. The first kappa shape index (κ1) is 15.6. The molecule has 0 saturated heterocycles. The van der Waals surface area contributed by atoms with E-state index in [1.54, 1.807) is 38.5 Å². The quantitative estimate of drug-likeness (QED) is 0.603.